The Morgan fingerprint density at radius 3 is 2.58 bits per heavy atom. The Labute approximate surface area is 123 Å². The molecule has 1 aromatic heterocycles. The van der Waals surface area contributed by atoms with E-state index in [1.165, 1.54) is 49.8 Å². The van der Waals surface area contributed by atoms with Gasteiger partial charge in [-0.3, -0.25) is 4.98 Å². The van der Waals surface area contributed by atoms with Crippen molar-refractivity contribution in [2.24, 2.45) is 0 Å². The van der Waals surface area contributed by atoms with E-state index in [1.54, 1.807) is 0 Å². The third-order valence-electron chi connectivity index (χ3n) is 3.84. The molecule has 2 heterocycles. The topological polar surface area (TPSA) is 16.1 Å². The van der Waals surface area contributed by atoms with E-state index in [-0.39, 0.29) is 0 Å². The van der Waals surface area contributed by atoms with Crippen molar-refractivity contribution in [3.63, 3.8) is 0 Å². The number of hydrogen-bond donors (Lipinski definition) is 0. The molecular formula is C16H19BrN2. The summed E-state index contributed by atoms with van der Waals surface area (Å²) in [6.07, 6.45) is 5.33. The Bertz CT molecular complexity index is 587. The average molecular weight is 319 g/mol. The molecule has 1 aromatic carbocycles. The predicted octanol–water partition coefficient (Wildman–Crippen LogP) is 4.69. The molecule has 0 bridgehead atoms. The molecule has 19 heavy (non-hydrogen) atoms. The fourth-order valence-corrected chi connectivity index (χ4v) is 3.35. The van der Waals surface area contributed by atoms with Crippen LogP contribution >= 0.6 is 15.9 Å². The maximum Gasteiger partial charge on any atom is 0.0867 e. The first-order valence-electron chi connectivity index (χ1n) is 7.06. The molecule has 0 amide bonds. The standard InChI is InChI=1S/C16H19BrN2/c1-12-11-15(19-9-4-2-3-5-10-19)13-7-6-8-14(17)16(13)18-12/h6-8,11H,2-5,9-10H2,1H3. The van der Waals surface area contributed by atoms with Gasteiger partial charge in [-0.05, 0) is 47.8 Å². The number of halogens is 1. The zero-order valence-corrected chi connectivity index (χ0v) is 12.9. The lowest BCUT2D eigenvalue weighted by Crippen LogP contribution is -2.24. The van der Waals surface area contributed by atoms with Gasteiger partial charge in [-0.1, -0.05) is 25.0 Å². The van der Waals surface area contributed by atoms with Crippen LogP contribution in [-0.4, -0.2) is 18.1 Å². The van der Waals surface area contributed by atoms with E-state index in [9.17, 15) is 0 Å². The Hall–Kier alpha value is -1.09. The fourth-order valence-electron chi connectivity index (χ4n) is 2.89. The quantitative estimate of drug-likeness (QED) is 0.758. The van der Waals surface area contributed by atoms with E-state index in [4.69, 9.17) is 0 Å². The minimum atomic E-state index is 1.08. The predicted molar refractivity (Wildman–Crippen MR) is 84.9 cm³/mol. The molecule has 0 atom stereocenters. The van der Waals surface area contributed by atoms with Crippen molar-refractivity contribution < 1.29 is 0 Å². The van der Waals surface area contributed by atoms with Crippen molar-refractivity contribution in [3.05, 3.63) is 34.4 Å². The third kappa shape index (κ3) is 2.62. The molecule has 0 spiro atoms. The van der Waals surface area contributed by atoms with Gasteiger partial charge in [0.1, 0.15) is 0 Å². The summed E-state index contributed by atoms with van der Waals surface area (Å²) in [5.74, 6) is 0. The molecule has 1 aliphatic rings. The van der Waals surface area contributed by atoms with Crippen LogP contribution in [0.1, 0.15) is 31.4 Å². The molecule has 2 aromatic rings. The van der Waals surface area contributed by atoms with Crippen LogP contribution in [-0.2, 0) is 0 Å². The average Bonchev–Trinajstić information content (AvgIpc) is 2.68. The summed E-state index contributed by atoms with van der Waals surface area (Å²) in [5, 5.41) is 1.27. The number of aryl methyl sites for hydroxylation is 1. The second-order valence-electron chi connectivity index (χ2n) is 5.32. The maximum atomic E-state index is 4.68. The summed E-state index contributed by atoms with van der Waals surface area (Å²) in [4.78, 5) is 7.22. The molecule has 0 saturated carbocycles. The lowest BCUT2D eigenvalue weighted by atomic mass is 10.1. The van der Waals surface area contributed by atoms with E-state index < -0.39 is 0 Å². The van der Waals surface area contributed by atoms with Crippen molar-refractivity contribution in [2.75, 3.05) is 18.0 Å². The van der Waals surface area contributed by atoms with Crippen LogP contribution in [0.5, 0.6) is 0 Å². The summed E-state index contributed by atoms with van der Waals surface area (Å²) in [6.45, 7) is 4.43. The van der Waals surface area contributed by atoms with Crippen LogP contribution in [0.3, 0.4) is 0 Å². The molecule has 0 radical (unpaired) electrons. The van der Waals surface area contributed by atoms with Crippen LogP contribution in [0.2, 0.25) is 0 Å². The van der Waals surface area contributed by atoms with Gasteiger partial charge in [0.15, 0.2) is 0 Å². The summed E-state index contributed by atoms with van der Waals surface area (Å²) in [6, 6.07) is 8.60. The second kappa shape index (κ2) is 5.49. The Kier molecular flexibility index (Phi) is 3.74. The van der Waals surface area contributed by atoms with Crippen molar-refractivity contribution >= 4 is 32.5 Å². The molecule has 2 nitrogen and oxygen atoms in total. The van der Waals surface area contributed by atoms with E-state index in [0.29, 0.717) is 0 Å². The van der Waals surface area contributed by atoms with Gasteiger partial charge in [0.25, 0.3) is 0 Å². The number of pyridine rings is 1. The number of nitrogens with zero attached hydrogens (tertiary/aromatic N) is 2. The SMILES string of the molecule is Cc1cc(N2CCCCCC2)c2cccc(Br)c2n1. The molecule has 3 rings (SSSR count). The highest BCUT2D eigenvalue weighted by atomic mass is 79.9. The van der Waals surface area contributed by atoms with E-state index >= 15 is 0 Å². The Morgan fingerprint density at radius 2 is 1.84 bits per heavy atom. The lowest BCUT2D eigenvalue weighted by molar-refractivity contribution is 0.726. The van der Waals surface area contributed by atoms with Gasteiger partial charge < -0.3 is 4.90 Å². The van der Waals surface area contributed by atoms with Crippen LogP contribution in [0.4, 0.5) is 5.69 Å². The highest BCUT2D eigenvalue weighted by molar-refractivity contribution is 9.10. The number of rotatable bonds is 1. The third-order valence-corrected chi connectivity index (χ3v) is 4.48. The zero-order valence-electron chi connectivity index (χ0n) is 11.3. The van der Waals surface area contributed by atoms with Crippen molar-refractivity contribution in [1.82, 2.24) is 4.98 Å². The number of fused-ring (bicyclic) bond motifs is 1. The molecule has 0 N–H and O–H groups in total. The maximum absolute atomic E-state index is 4.68. The molecular weight excluding hydrogens is 300 g/mol. The minimum absolute atomic E-state index is 1.08. The minimum Gasteiger partial charge on any atom is -0.371 e. The van der Waals surface area contributed by atoms with Crippen LogP contribution in [0.15, 0.2) is 28.7 Å². The number of anilines is 1. The smallest absolute Gasteiger partial charge is 0.0867 e. The van der Waals surface area contributed by atoms with Crippen molar-refractivity contribution in [1.29, 1.82) is 0 Å². The molecule has 1 fully saturated rings. The molecule has 3 heteroatoms. The van der Waals surface area contributed by atoms with Crippen molar-refractivity contribution in [2.45, 2.75) is 32.6 Å². The van der Waals surface area contributed by atoms with E-state index in [2.05, 4.69) is 57.0 Å². The number of para-hydroxylation sites is 1. The van der Waals surface area contributed by atoms with E-state index in [0.717, 1.165) is 15.7 Å². The summed E-state index contributed by atoms with van der Waals surface area (Å²) < 4.78 is 1.09. The zero-order chi connectivity index (χ0) is 13.2. The first kappa shape index (κ1) is 12.9. The van der Waals surface area contributed by atoms with Gasteiger partial charge in [-0.2, -0.15) is 0 Å². The highest BCUT2D eigenvalue weighted by Gasteiger charge is 2.14. The number of aromatic nitrogens is 1. The summed E-state index contributed by atoms with van der Waals surface area (Å²) >= 11 is 3.62. The lowest BCUT2D eigenvalue weighted by Gasteiger charge is -2.24. The number of benzene rings is 1. The Balaban J connectivity index is 2.13. The van der Waals surface area contributed by atoms with Crippen molar-refractivity contribution in [3.8, 4) is 0 Å². The first-order chi connectivity index (χ1) is 9.25. The first-order valence-corrected chi connectivity index (χ1v) is 7.86. The molecule has 100 valence electrons. The monoisotopic (exact) mass is 318 g/mol. The van der Waals surface area contributed by atoms with Gasteiger partial charge in [-0.25, -0.2) is 0 Å². The van der Waals surface area contributed by atoms with E-state index in [1.807, 2.05) is 0 Å². The van der Waals surface area contributed by atoms with Gasteiger partial charge in [0.2, 0.25) is 0 Å². The van der Waals surface area contributed by atoms with Gasteiger partial charge in [-0.15, -0.1) is 0 Å². The molecule has 1 aliphatic heterocycles. The van der Waals surface area contributed by atoms with Crippen LogP contribution < -0.4 is 4.90 Å². The van der Waals surface area contributed by atoms with Gasteiger partial charge in [0.05, 0.1) is 5.52 Å². The Morgan fingerprint density at radius 1 is 1.11 bits per heavy atom. The molecule has 0 aliphatic carbocycles. The normalized spacial score (nSPS) is 16.6. The number of hydrogen-bond acceptors (Lipinski definition) is 2. The second-order valence-corrected chi connectivity index (χ2v) is 6.17. The molecule has 1 saturated heterocycles. The van der Waals surface area contributed by atoms with Crippen LogP contribution in [0, 0.1) is 6.92 Å². The largest absolute Gasteiger partial charge is 0.371 e. The molecule has 0 unspecified atom stereocenters. The van der Waals surface area contributed by atoms with Crippen LogP contribution in [0.25, 0.3) is 10.9 Å². The summed E-state index contributed by atoms with van der Waals surface area (Å²) in [5.41, 5.74) is 3.53. The highest BCUT2D eigenvalue weighted by Crippen LogP contribution is 2.32. The fraction of sp³-hybridized carbons (Fsp3) is 0.438. The summed E-state index contributed by atoms with van der Waals surface area (Å²) in [7, 11) is 0. The van der Waals surface area contributed by atoms with Gasteiger partial charge >= 0.3 is 0 Å². The van der Waals surface area contributed by atoms with Gasteiger partial charge in [0, 0.05) is 34.3 Å².